The number of amides is 1. The Labute approximate surface area is 241 Å². The van der Waals surface area contributed by atoms with Crippen LogP contribution in [-0.2, 0) is 19.1 Å². The van der Waals surface area contributed by atoms with Crippen LogP contribution in [0.4, 0.5) is 0 Å². The zero-order valence-corrected chi connectivity index (χ0v) is 24.3. The molecule has 8 heteroatoms. The molecule has 3 aromatic rings. The first-order valence-corrected chi connectivity index (χ1v) is 15.4. The van der Waals surface area contributed by atoms with E-state index in [0.29, 0.717) is 27.2 Å². The number of rotatable bonds is 8. The predicted molar refractivity (Wildman–Crippen MR) is 162 cm³/mol. The van der Waals surface area contributed by atoms with Gasteiger partial charge in [0.2, 0.25) is 0 Å². The van der Waals surface area contributed by atoms with Crippen LogP contribution in [0.15, 0.2) is 118 Å². The highest BCUT2D eigenvalue weighted by atomic mass is 31.2. The number of nitrogens with two attached hydrogens (primary N) is 1. The molecule has 0 spiro atoms. The van der Waals surface area contributed by atoms with Crippen molar-refractivity contribution in [2.24, 2.45) is 16.4 Å². The number of nitrogens with zero attached hydrogens (tertiary/aromatic N) is 1. The van der Waals surface area contributed by atoms with E-state index in [2.05, 4.69) is 0 Å². The van der Waals surface area contributed by atoms with Gasteiger partial charge in [-0.25, -0.2) is 14.3 Å². The smallest absolute Gasteiger partial charge is 0.338 e. The summed E-state index contributed by atoms with van der Waals surface area (Å²) in [4.78, 5) is 40.3. The van der Waals surface area contributed by atoms with Gasteiger partial charge in [-0.1, -0.05) is 98.1 Å². The van der Waals surface area contributed by atoms with Crippen LogP contribution < -0.4 is 16.3 Å². The summed E-state index contributed by atoms with van der Waals surface area (Å²) in [6, 6.07) is 27.6. The van der Waals surface area contributed by atoms with Crippen molar-refractivity contribution in [3.8, 4) is 0 Å². The van der Waals surface area contributed by atoms with Crippen LogP contribution in [-0.4, -0.2) is 32.1 Å². The molecule has 41 heavy (non-hydrogen) atoms. The molecule has 7 nitrogen and oxygen atoms in total. The van der Waals surface area contributed by atoms with Gasteiger partial charge in [0, 0.05) is 33.3 Å². The number of methoxy groups -OCH3 is 2. The Morgan fingerprint density at radius 1 is 0.780 bits per heavy atom. The van der Waals surface area contributed by atoms with Crippen molar-refractivity contribution in [1.29, 1.82) is 0 Å². The van der Waals surface area contributed by atoms with E-state index in [1.54, 1.807) is 24.3 Å². The number of carbonyl (C=O) groups is 3. The molecule has 0 heterocycles. The molecule has 2 N–H and O–H groups in total. The molecule has 4 rings (SSSR count). The maximum atomic E-state index is 14.0. The number of esters is 2. The molecular weight excluding hydrogens is 535 g/mol. The van der Waals surface area contributed by atoms with Crippen LogP contribution in [0.3, 0.4) is 0 Å². The number of hydrogen-bond acceptors (Lipinski definition) is 6. The maximum Gasteiger partial charge on any atom is 0.338 e. The highest BCUT2D eigenvalue weighted by Crippen LogP contribution is 2.60. The van der Waals surface area contributed by atoms with Crippen LogP contribution in [0.5, 0.6) is 0 Å². The third-order valence-electron chi connectivity index (χ3n) is 7.29. The average molecular weight is 571 g/mol. The van der Waals surface area contributed by atoms with Crippen molar-refractivity contribution in [3.63, 3.8) is 0 Å². The van der Waals surface area contributed by atoms with E-state index in [-0.39, 0.29) is 11.5 Å². The van der Waals surface area contributed by atoms with Gasteiger partial charge >= 0.3 is 11.9 Å². The molecule has 1 fully saturated rings. The van der Waals surface area contributed by atoms with Crippen molar-refractivity contribution in [2.45, 2.75) is 32.1 Å². The van der Waals surface area contributed by atoms with E-state index in [1.165, 1.54) is 14.2 Å². The molecule has 0 bridgehead atoms. The Hall–Kier alpha value is -4.22. The second-order valence-electron chi connectivity index (χ2n) is 9.79. The summed E-state index contributed by atoms with van der Waals surface area (Å²) in [7, 11) is -0.905. The molecule has 212 valence electrons. The summed E-state index contributed by atoms with van der Waals surface area (Å²) < 4.78 is 15.2. The van der Waals surface area contributed by atoms with Crippen molar-refractivity contribution in [2.75, 3.05) is 14.2 Å². The van der Waals surface area contributed by atoms with Gasteiger partial charge in [0.15, 0.2) is 0 Å². The number of hydrogen-bond donors (Lipinski definition) is 1. The summed E-state index contributed by atoms with van der Waals surface area (Å²) >= 11 is 0. The molecule has 0 unspecified atom stereocenters. The molecule has 0 saturated heterocycles. The van der Waals surface area contributed by atoms with E-state index >= 15 is 0 Å². The van der Waals surface area contributed by atoms with Crippen molar-refractivity contribution >= 4 is 35.5 Å². The molecule has 1 aliphatic carbocycles. The Morgan fingerprint density at radius 2 is 1.29 bits per heavy atom. The number of allylic oxidation sites excluding steroid dienone is 1. The minimum atomic E-state index is -3.39. The lowest BCUT2D eigenvalue weighted by Gasteiger charge is -2.33. The largest absolute Gasteiger partial charge is 0.466 e. The zero-order valence-electron chi connectivity index (χ0n) is 23.4. The highest BCUT2D eigenvalue weighted by Gasteiger charge is 2.39. The third-order valence-corrected chi connectivity index (χ3v) is 11.0. The van der Waals surface area contributed by atoms with Crippen molar-refractivity contribution in [3.05, 3.63) is 119 Å². The number of carbonyl (C=O) groups excluding carboxylic acids is 3. The first-order chi connectivity index (χ1) is 19.9. The Kier molecular flexibility index (Phi) is 10.1. The maximum absolute atomic E-state index is 14.0. The SMILES string of the molecule is COC(=O)/C=C(C(=O)OC)\C(=C(\N)C1CCCCC1)P(=NC(=O)c1ccccc1)(c1ccccc1)c1ccccc1. The highest BCUT2D eigenvalue weighted by molar-refractivity contribution is 7.85. The molecule has 1 amide bonds. The van der Waals surface area contributed by atoms with Crippen LogP contribution in [0, 0.1) is 5.92 Å². The summed E-state index contributed by atoms with van der Waals surface area (Å²) in [6.45, 7) is 0. The minimum absolute atomic E-state index is 0.0620. The Bertz CT molecular complexity index is 1450. The fraction of sp³-hybridized carbons (Fsp3) is 0.242. The van der Waals surface area contributed by atoms with E-state index in [0.717, 1.165) is 38.2 Å². The lowest BCUT2D eigenvalue weighted by molar-refractivity contribution is -0.138. The molecule has 1 saturated carbocycles. The first-order valence-electron chi connectivity index (χ1n) is 13.6. The van der Waals surface area contributed by atoms with Crippen molar-refractivity contribution in [1.82, 2.24) is 0 Å². The molecular formula is C33H35N2O5P. The van der Waals surface area contributed by atoms with E-state index < -0.39 is 24.9 Å². The predicted octanol–water partition coefficient (Wildman–Crippen LogP) is 5.70. The van der Waals surface area contributed by atoms with Gasteiger partial charge in [0.25, 0.3) is 5.91 Å². The van der Waals surface area contributed by atoms with Gasteiger partial charge < -0.3 is 15.2 Å². The van der Waals surface area contributed by atoms with Gasteiger partial charge in [-0.05, 0) is 30.9 Å². The molecule has 0 radical (unpaired) electrons. The Morgan fingerprint density at radius 3 is 1.78 bits per heavy atom. The van der Waals surface area contributed by atoms with Gasteiger partial charge in [0.05, 0.1) is 26.8 Å². The minimum Gasteiger partial charge on any atom is -0.466 e. The fourth-order valence-electron chi connectivity index (χ4n) is 5.27. The van der Waals surface area contributed by atoms with E-state index in [9.17, 15) is 14.4 Å². The van der Waals surface area contributed by atoms with E-state index in [1.807, 2.05) is 66.7 Å². The van der Waals surface area contributed by atoms with Crippen molar-refractivity contribution < 1.29 is 23.9 Å². The summed E-state index contributed by atoms with van der Waals surface area (Å²) in [5, 5.41) is 1.77. The second kappa shape index (κ2) is 13.9. The summed E-state index contributed by atoms with van der Waals surface area (Å²) in [6.07, 6.45) is 5.80. The van der Waals surface area contributed by atoms with Crippen LogP contribution in [0.2, 0.25) is 0 Å². The lowest BCUT2D eigenvalue weighted by Crippen LogP contribution is -2.27. The fourth-order valence-corrected chi connectivity index (χ4v) is 9.07. The zero-order chi connectivity index (χ0) is 29.2. The summed E-state index contributed by atoms with van der Waals surface area (Å²) in [5.74, 6) is -2.03. The van der Waals surface area contributed by atoms with Gasteiger partial charge in [-0.15, -0.1) is 0 Å². The Balaban J connectivity index is 2.24. The van der Waals surface area contributed by atoms with E-state index in [4.69, 9.17) is 20.0 Å². The molecule has 0 atom stereocenters. The standard InChI is InChI=1S/C33H35N2O5P/c1-39-29(36)23-28(33(38)40-2)31(30(34)24-15-7-3-8-16-24)41(26-19-11-5-12-20-26,27-21-13-6-14-22-27)35-32(37)25-17-9-4-10-18-25/h4-6,9-14,17-24H,3,7-8,15-16,34H2,1-2H3/b28-23+,31-30-. The topological polar surface area (TPSA) is 108 Å². The quantitative estimate of drug-likeness (QED) is 0.161. The average Bonchev–Trinajstić information content (AvgIpc) is 3.04. The molecule has 0 aromatic heterocycles. The summed E-state index contributed by atoms with van der Waals surface area (Å²) in [5.41, 5.74) is 7.89. The third kappa shape index (κ3) is 6.58. The second-order valence-corrected chi connectivity index (χ2v) is 12.7. The number of ether oxygens (including phenoxy) is 2. The molecule has 0 aliphatic heterocycles. The normalized spacial score (nSPS) is 14.9. The van der Waals surface area contributed by atoms with Crippen LogP contribution in [0.1, 0.15) is 42.5 Å². The molecule has 1 aliphatic rings. The lowest BCUT2D eigenvalue weighted by atomic mass is 9.86. The first kappa shape index (κ1) is 29.8. The van der Waals surface area contributed by atoms with Crippen LogP contribution in [0.25, 0.3) is 0 Å². The van der Waals surface area contributed by atoms with Crippen LogP contribution >= 0.6 is 7.05 Å². The number of benzene rings is 3. The van der Waals surface area contributed by atoms with Gasteiger partial charge in [-0.3, -0.25) is 4.79 Å². The van der Waals surface area contributed by atoms with Gasteiger partial charge in [0.1, 0.15) is 0 Å². The molecule has 3 aromatic carbocycles. The monoisotopic (exact) mass is 570 g/mol. The van der Waals surface area contributed by atoms with Gasteiger partial charge in [-0.2, -0.15) is 0 Å².